The minimum Gasteiger partial charge on any atom is -0.348 e. The average molecular weight is 434 g/mol. The molecule has 6 heteroatoms. The first kappa shape index (κ1) is 21.8. The molecular formula is C26H28FN3O2. The van der Waals surface area contributed by atoms with E-state index in [1.165, 1.54) is 23.1 Å². The van der Waals surface area contributed by atoms with Crippen LogP contribution in [0.4, 0.5) is 4.39 Å². The Balaban J connectivity index is 1.65. The first-order valence-electron chi connectivity index (χ1n) is 10.8. The molecule has 0 aliphatic carbocycles. The number of hydrogen-bond acceptors (Lipinski definition) is 2. The lowest BCUT2D eigenvalue weighted by Crippen LogP contribution is -2.53. The average Bonchev–Trinajstić information content (AvgIpc) is 3.25. The fourth-order valence-corrected chi connectivity index (χ4v) is 4.26. The number of hydrogen-bond donors (Lipinski definition) is 0. The highest BCUT2D eigenvalue weighted by molar-refractivity contribution is 5.97. The number of aromatic nitrogens is 1. The lowest BCUT2D eigenvalue weighted by atomic mass is 9.99. The third-order valence-corrected chi connectivity index (χ3v) is 5.89. The first-order valence-corrected chi connectivity index (χ1v) is 10.8. The molecule has 166 valence electrons. The third kappa shape index (κ3) is 4.31. The van der Waals surface area contributed by atoms with Crippen LogP contribution in [0, 0.1) is 5.82 Å². The lowest BCUT2D eigenvalue weighted by molar-refractivity contribution is -0.135. The van der Waals surface area contributed by atoms with Gasteiger partial charge in [0.25, 0.3) is 5.91 Å². The molecule has 0 N–H and O–H groups in total. The van der Waals surface area contributed by atoms with E-state index >= 15 is 0 Å². The van der Waals surface area contributed by atoms with Gasteiger partial charge in [0.15, 0.2) is 0 Å². The van der Waals surface area contributed by atoms with Gasteiger partial charge in [0.1, 0.15) is 12.4 Å². The molecule has 2 heterocycles. The molecule has 1 aliphatic rings. The van der Waals surface area contributed by atoms with Gasteiger partial charge in [0, 0.05) is 36.1 Å². The monoisotopic (exact) mass is 433 g/mol. The Morgan fingerprint density at radius 2 is 1.75 bits per heavy atom. The molecule has 0 spiro atoms. The van der Waals surface area contributed by atoms with Crippen molar-refractivity contribution >= 4 is 11.8 Å². The van der Waals surface area contributed by atoms with Crippen molar-refractivity contribution in [2.45, 2.75) is 38.9 Å². The SMILES string of the molecule is CC(C)(C)N(CC(=O)N1CCn2cccc2[C@@H]1c1ccccc1)C(=O)c1cccc(F)c1. The second kappa shape index (κ2) is 8.61. The van der Waals surface area contributed by atoms with Gasteiger partial charge in [0.05, 0.1) is 6.04 Å². The number of fused-ring (bicyclic) bond motifs is 1. The second-order valence-corrected chi connectivity index (χ2v) is 9.10. The molecule has 0 saturated heterocycles. The van der Waals surface area contributed by atoms with Gasteiger partial charge in [-0.15, -0.1) is 0 Å². The molecule has 1 aromatic heterocycles. The minimum absolute atomic E-state index is 0.0805. The van der Waals surface area contributed by atoms with Crippen molar-refractivity contribution in [3.63, 3.8) is 0 Å². The number of carbonyl (C=O) groups excluding carboxylic acids is 2. The Morgan fingerprint density at radius 3 is 2.44 bits per heavy atom. The van der Waals surface area contributed by atoms with E-state index in [0.717, 1.165) is 11.3 Å². The predicted molar refractivity (Wildman–Crippen MR) is 122 cm³/mol. The molecular weight excluding hydrogens is 405 g/mol. The number of halogens is 1. The first-order chi connectivity index (χ1) is 15.3. The molecule has 3 aromatic rings. The molecule has 32 heavy (non-hydrogen) atoms. The van der Waals surface area contributed by atoms with E-state index in [0.29, 0.717) is 13.1 Å². The van der Waals surface area contributed by atoms with E-state index in [-0.39, 0.29) is 30.0 Å². The zero-order valence-corrected chi connectivity index (χ0v) is 18.7. The van der Waals surface area contributed by atoms with Gasteiger partial charge in [-0.3, -0.25) is 9.59 Å². The smallest absolute Gasteiger partial charge is 0.254 e. The summed E-state index contributed by atoms with van der Waals surface area (Å²) in [5.41, 5.74) is 1.70. The van der Waals surface area contributed by atoms with Gasteiger partial charge in [0.2, 0.25) is 5.91 Å². The van der Waals surface area contributed by atoms with E-state index in [2.05, 4.69) is 4.57 Å². The van der Waals surface area contributed by atoms with E-state index in [1.807, 2.05) is 74.3 Å². The van der Waals surface area contributed by atoms with Gasteiger partial charge >= 0.3 is 0 Å². The van der Waals surface area contributed by atoms with E-state index in [4.69, 9.17) is 0 Å². The van der Waals surface area contributed by atoms with E-state index in [1.54, 1.807) is 6.07 Å². The Morgan fingerprint density at radius 1 is 1.00 bits per heavy atom. The summed E-state index contributed by atoms with van der Waals surface area (Å²) in [6, 6.07) is 19.3. The summed E-state index contributed by atoms with van der Waals surface area (Å²) in [6.45, 7) is 6.81. The molecule has 0 saturated carbocycles. The molecule has 4 rings (SSSR count). The zero-order chi connectivity index (χ0) is 22.9. The van der Waals surface area contributed by atoms with Crippen LogP contribution in [0.1, 0.15) is 48.4 Å². The van der Waals surface area contributed by atoms with Crippen LogP contribution in [-0.4, -0.2) is 44.8 Å². The van der Waals surface area contributed by atoms with Crippen LogP contribution < -0.4 is 0 Å². The van der Waals surface area contributed by atoms with E-state index < -0.39 is 11.4 Å². The molecule has 2 amide bonds. The highest BCUT2D eigenvalue weighted by atomic mass is 19.1. The lowest BCUT2D eigenvalue weighted by Gasteiger charge is -2.41. The van der Waals surface area contributed by atoms with Crippen molar-refractivity contribution in [3.8, 4) is 0 Å². The molecule has 5 nitrogen and oxygen atoms in total. The largest absolute Gasteiger partial charge is 0.348 e. The van der Waals surface area contributed by atoms with Gasteiger partial charge < -0.3 is 14.4 Å². The fourth-order valence-electron chi connectivity index (χ4n) is 4.26. The fraction of sp³-hybridized carbons (Fsp3) is 0.308. The Hall–Kier alpha value is -3.41. The number of amides is 2. The van der Waals surface area contributed by atoms with Crippen molar-refractivity contribution in [2.24, 2.45) is 0 Å². The summed E-state index contributed by atoms with van der Waals surface area (Å²) in [7, 11) is 0. The summed E-state index contributed by atoms with van der Waals surface area (Å²) < 4.78 is 15.9. The minimum atomic E-state index is -0.614. The van der Waals surface area contributed by atoms with Gasteiger partial charge in [-0.05, 0) is 56.7 Å². The van der Waals surface area contributed by atoms with Crippen molar-refractivity contribution in [1.82, 2.24) is 14.4 Å². The third-order valence-electron chi connectivity index (χ3n) is 5.89. The van der Waals surface area contributed by atoms with Crippen LogP contribution in [0.15, 0.2) is 72.9 Å². The predicted octanol–water partition coefficient (Wildman–Crippen LogP) is 4.50. The topological polar surface area (TPSA) is 45.6 Å². The molecule has 0 radical (unpaired) electrons. The number of carbonyl (C=O) groups is 2. The summed E-state index contributed by atoms with van der Waals surface area (Å²) in [5, 5.41) is 0. The van der Waals surface area contributed by atoms with Crippen LogP contribution in [0.5, 0.6) is 0 Å². The quantitative estimate of drug-likeness (QED) is 0.608. The Kier molecular flexibility index (Phi) is 5.87. The highest BCUT2D eigenvalue weighted by Crippen LogP contribution is 2.33. The summed E-state index contributed by atoms with van der Waals surface area (Å²) >= 11 is 0. The standard InChI is InChI=1S/C26H28FN3O2/c1-26(2,3)30(25(32)20-11-7-12-21(27)17-20)18-23(31)29-16-15-28-14-8-13-22(28)24(29)19-9-5-4-6-10-19/h4-14,17,24H,15-16,18H2,1-3H3/t24-/m0/s1. The van der Waals surface area contributed by atoms with Gasteiger partial charge in [-0.2, -0.15) is 0 Å². The van der Waals surface area contributed by atoms with Gasteiger partial charge in [-0.25, -0.2) is 4.39 Å². The molecule has 0 fully saturated rings. The van der Waals surface area contributed by atoms with E-state index in [9.17, 15) is 14.0 Å². The summed E-state index contributed by atoms with van der Waals surface area (Å²) in [6.07, 6.45) is 2.03. The Labute approximate surface area is 188 Å². The zero-order valence-electron chi connectivity index (χ0n) is 18.7. The van der Waals surface area contributed by atoms with Crippen LogP contribution in [0.25, 0.3) is 0 Å². The van der Waals surface area contributed by atoms with Gasteiger partial charge in [-0.1, -0.05) is 36.4 Å². The van der Waals surface area contributed by atoms with Crippen LogP contribution in [0.3, 0.4) is 0 Å². The van der Waals surface area contributed by atoms with Crippen LogP contribution in [0.2, 0.25) is 0 Å². The maximum atomic E-state index is 13.7. The molecule has 1 atom stereocenters. The van der Waals surface area contributed by atoms with Crippen molar-refractivity contribution in [3.05, 3.63) is 95.6 Å². The van der Waals surface area contributed by atoms with Crippen molar-refractivity contribution in [2.75, 3.05) is 13.1 Å². The molecule has 0 unspecified atom stereocenters. The maximum absolute atomic E-state index is 13.7. The molecule has 0 bridgehead atoms. The number of benzene rings is 2. The number of nitrogens with zero attached hydrogens (tertiary/aromatic N) is 3. The van der Waals surface area contributed by atoms with Crippen molar-refractivity contribution < 1.29 is 14.0 Å². The highest BCUT2D eigenvalue weighted by Gasteiger charge is 2.36. The van der Waals surface area contributed by atoms with Crippen molar-refractivity contribution in [1.29, 1.82) is 0 Å². The summed E-state index contributed by atoms with van der Waals surface area (Å²) in [4.78, 5) is 30.3. The number of rotatable bonds is 4. The Bertz CT molecular complexity index is 1120. The molecule has 1 aliphatic heterocycles. The van der Waals surface area contributed by atoms with Crippen LogP contribution >= 0.6 is 0 Å². The second-order valence-electron chi connectivity index (χ2n) is 9.10. The normalized spacial score (nSPS) is 15.9. The maximum Gasteiger partial charge on any atom is 0.254 e. The summed E-state index contributed by atoms with van der Waals surface area (Å²) in [5.74, 6) is -0.968. The van der Waals surface area contributed by atoms with Crippen LogP contribution in [-0.2, 0) is 11.3 Å². The molecule has 2 aromatic carbocycles.